The second-order valence-corrected chi connectivity index (χ2v) is 5.62. The second kappa shape index (κ2) is 4.86. The molecule has 2 rings (SSSR count). The van der Waals surface area contributed by atoms with Crippen molar-refractivity contribution < 1.29 is 19.4 Å². The van der Waals surface area contributed by atoms with Crippen molar-refractivity contribution in [1.29, 1.82) is 0 Å². The number of aliphatic hydroxyl groups is 1. The molecule has 0 aromatic heterocycles. The fourth-order valence-electron chi connectivity index (χ4n) is 2.26. The number of hydrogen-bond donors (Lipinski definition) is 2. The molecule has 6 nitrogen and oxygen atoms in total. The van der Waals surface area contributed by atoms with Gasteiger partial charge in [-0.2, -0.15) is 0 Å². The molecule has 1 aliphatic rings. The molecule has 0 aliphatic carbocycles. The summed E-state index contributed by atoms with van der Waals surface area (Å²) in [5.74, 6) is 0.581. The van der Waals surface area contributed by atoms with Crippen LogP contribution in [0.2, 0.25) is 0 Å². The van der Waals surface area contributed by atoms with Crippen LogP contribution in [-0.4, -0.2) is 37.0 Å². The number of anilines is 1. The van der Waals surface area contributed by atoms with Gasteiger partial charge >= 0.3 is 6.09 Å². The third-order valence-electron chi connectivity index (χ3n) is 3.44. The molecular weight excluding hydrogens is 260 g/mol. The van der Waals surface area contributed by atoms with Crippen LogP contribution in [0, 0.1) is 0 Å². The van der Waals surface area contributed by atoms with Crippen molar-refractivity contribution in [2.24, 2.45) is 5.73 Å². The molecule has 0 spiro atoms. The highest BCUT2D eigenvalue weighted by Crippen LogP contribution is 2.43. The molecule has 6 heteroatoms. The van der Waals surface area contributed by atoms with Crippen molar-refractivity contribution >= 4 is 11.8 Å². The summed E-state index contributed by atoms with van der Waals surface area (Å²) < 4.78 is 10.9. The van der Waals surface area contributed by atoms with Crippen LogP contribution in [0.4, 0.5) is 10.5 Å². The van der Waals surface area contributed by atoms with Crippen molar-refractivity contribution in [3.63, 3.8) is 0 Å². The quantitative estimate of drug-likeness (QED) is 0.855. The van der Waals surface area contributed by atoms with Crippen LogP contribution < -0.4 is 15.4 Å². The second-order valence-electron chi connectivity index (χ2n) is 5.62. The van der Waals surface area contributed by atoms with E-state index in [0.29, 0.717) is 11.3 Å². The summed E-state index contributed by atoms with van der Waals surface area (Å²) in [6.45, 7) is 3.47. The Hall–Kier alpha value is -1.95. The average molecular weight is 280 g/mol. The van der Waals surface area contributed by atoms with Gasteiger partial charge in [-0.1, -0.05) is 0 Å². The van der Waals surface area contributed by atoms with E-state index >= 15 is 0 Å². The topological polar surface area (TPSA) is 85.0 Å². The predicted octanol–water partition coefficient (Wildman–Crippen LogP) is 1.42. The van der Waals surface area contributed by atoms with E-state index in [1.165, 1.54) is 0 Å². The first-order valence-electron chi connectivity index (χ1n) is 6.37. The number of rotatable bonds is 2. The minimum absolute atomic E-state index is 0.581. The maximum Gasteiger partial charge on any atom is 0.405 e. The molecule has 1 aliphatic heterocycles. The van der Waals surface area contributed by atoms with Crippen LogP contribution in [0.1, 0.15) is 25.5 Å². The van der Waals surface area contributed by atoms with E-state index in [4.69, 9.17) is 15.2 Å². The third-order valence-corrected chi connectivity index (χ3v) is 3.44. The number of benzene rings is 1. The van der Waals surface area contributed by atoms with Crippen LogP contribution in [0.3, 0.4) is 0 Å². The Kier molecular flexibility index (Phi) is 3.52. The molecule has 3 N–H and O–H groups in total. The van der Waals surface area contributed by atoms with Gasteiger partial charge in [0.2, 0.25) is 0 Å². The number of amides is 1. The lowest BCUT2D eigenvalue weighted by molar-refractivity contribution is -0.112. The van der Waals surface area contributed by atoms with Crippen LogP contribution in [0.25, 0.3) is 0 Å². The summed E-state index contributed by atoms with van der Waals surface area (Å²) in [5.41, 5.74) is 5.78. The molecule has 0 fully saturated rings. The smallest absolute Gasteiger partial charge is 0.405 e. The van der Waals surface area contributed by atoms with E-state index in [-0.39, 0.29) is 0 Å². The van der Waals surface area contributed by atoms with Gasteiger partial charge in [0.15, 0.2) is 6.10 Å². The van der Waals surface area contributed by atoms with E-state index in [2.05, 4.69) is 0 Å². The number of carbonyl (C=O) groups excluding carboxylic acids is 1. The molecule has 1 aromatic rings. The molecule has 1 aromatic carbocycles. The molecule has 1 amide bonds. The van der Waals surface area contributed by atoms with Gasteiger partial charge < -0.3 is 25.2 Å². The summed E-state index contributed by atoms with van der Waals surface area (Å²) in [5, 5.41) is 10.3. The molecule has 110 valence electrons. The van der Waals surface area contributed by atoms with Crippen LogP contribution in [0.5, 0.6) is 5.75 Å². The van der Waals surface area contributed by atoms with Gasteiger partial charge in [0.1, 0.15) is 17.5 Å². The molecule has 0 saturated heterocycles. The number of aliphatic hydroxyl groups excluding tert-OH is 1. The summed E-state index contributed by atoms with van der Waals surface area (Å²) in [6.07, 6.45) is -2.75. The number of carbonyl (C=O) groups is 1. The average Bonchev–Trinajstić information content (AvgIpc) is 2.33. The molecule has 1 heterocycles. The Morgan fingerprint density at radius 3 is 2.65 bits per heavy atom. The van der Waals surface area contributed by atoms with E-state index < -0.39 is 23.9 Å². The lowest BCUT2D eigenvalue weighted by Gasteiger charge is -2.41. The van der Waals surface area contributed by atoms with Gasteiger partial charge in [-0.3, -0.25) is 0 Å². The maximum absolute atomic E-state index is 11.0. The number of ether oxygens (including phenoxy) is 2. The molecule has 0 bridgehead atoms. The van der Waals surface area contributed by atoms with Crippen molar-refractivity contribution in [2.45, 2.75) is 31.7 Å². The van der Waals surface area contributed by atoms with Gasteiger partial charge in [0.05, 0.1) is 0 Å². The highest BCUT2D eigenvalue weighted by atomic mass is 16.6. The maximum atomic E-state index is 11.0. The normalized spacial score (nSPS) is 23.4. The van der Waals surface area contributed by atoms with Gasteiger partial charge in [0.25, 0.3) is 0 Å². The van der Waals surface area contributed by atoms with Gasteiger partial charge in [-0.25, -0.2) is 4.79 Å². The number of primary amides is 1. The Bertz CT molecular complexity index is 528. The molecule has 0 saturated carbocycles. The summed E-state index contributed by atoms with van der Waals surface area (Å²) in [6, 6.07) is 5.49. The minimum Gasteiger partial charge on any atom is -0.484 e. The number of hydrogen-bond acceptors (Lipinski definition) is 5. The summed E-state index contributed by atoms with van der Waals surface area (Å²) >= 11 is 0. The lowest BCUT2D eigenvalue weighted by Crippen LogP contribution is -2.50. The first-order valence-corrected chi connectivity index (χ1v) is 6.37. The van der Waals surface area contributed by atoms with Gasteiger partial charge in [-0.15, -0.1) is 0 Å². The zero-order valence-electron chi connectivity index (χ0n) is 12.1. The Morgan fingerprint density at radius 1 is 1.45 bits per heavy atom. The van der Waals surface area contributed by atoms with Gasteiger partial charge in [0, 0.05) is 31.4 Å². The van der Waals surface area contributed by atoms with Crippen molar-refractivity contribution in [1.82, 2.24) is 0 Å². The van der Waals surface area contributed by atoms with Crippen molar-refractivity contribution in [3.05, 3.63) is 23.8 Å². The minimum atomic E-state index is -0.993. The number of fused-ring (bicyclic) bond motifs is 1. The van der Waals surface area contributed by atoms with E-state index in [1.807, 2.05) is 31.1 Å². The number of nitrogens with two attached hydrogens (primary N) is 1. The first kappa shape index (κ1) is 14.5. The zero-order chi connectivity index (χ0) is 15.1. The highest BCUT2D eigenvalue weighted by Gasteiger charge is 2.45. The molecule has 0 radical (unpaired) electrons. The van der Waals surface area contributed by atoms with Crippen molar-refractivity contribution in [3.8, 4) is 5.75 Å². The fraction of sp³-hybridized carbons (Fsp3) is 0.500. The molecule has 1 unspecified atom stereocenters. The Balaban J connectivity index is 2.48. The molecular formula is C14H20N2O4. The monoisotopic (exact) mass is 280 g/mol. The Morgan fingerprint density at radius 2 is 2.10 bits per heavy atom. The summed E-state index contributed by atoms with van der Waals surface area (Å²) in [7, 11) is 3.84. The lowest BCUT2D eigenvalue weighted by atomic mass is 9.88. The van der Waals surface area contributed by atoms with Crippen LogP contribution in [-0.2, 0) is 4.74 Å². The van der Waals surface area contributed by atoms with E-state index in [0.717, 1.165) is 5.69 Å². The van der Waals surface area contributed by atoms with Crippen LogP contribution >= 0.6 is 0 Å². The first-order chi connectivity index (χ1) is 9.22. The standard InChI is InChI=1S/C14H20N2O4/c1-14(2)12(17)11(19-13(15)18)9-6-5-8(16(3)4)7-10(9)20-14/h5-7,11-12,17H,1-4H3,(H2,15,18)/t11-,12?/m0/s1. The Labute approximate surface area is 118 Å². The van der Waals surface area contributed by atoms with Crippen molar-refractivity contribution in [2.75, 3.05) is 19.0 Å². The predicted molar refractivity (Wildman–Crippen MR) is 74.9 cm³/mol. The molecule has 20 heavy (non-hydrogen) atoms. The van der Waals surface area contributed by atoms with Crippen LogP contribution in [0.15, 0.2) is 18.2 Å². The number of nitrogens with zero attached hydrogens (tertiary/aromatic N) is 1. The SMILES string of the molecule is CN(C)c1ccc2c(c1)OC(C)(C)C(O)[C@H]2OC(N)=O. The zero-order valence-corrected chi connectivity index (χ0v) is 12.1. The molecule has 2 atom stereocenters. The van der Waals surface area contributed by atoms with Gasteiger partial charge in [-0.05, 0) is 26.0 Å². The highest BCUT2D eigenvalue weighted by molar-refractivity contribution is 5.65. The third kappa shape index (κ3) is 2.51. The summed E-state index contributed by atoms with van der Waals surface area (Å²) in [4.78, 5) is 13.0. The fourth-order valence-corrected chi connectivity index (χ4v) is 2.26. The van der Waals surface area contributed by atoms with E-state index in [1.54, 1.807) is 19.9 Å². The van der Waals surface area contributed by atoms with E-state index in [9.17, 15) is 9.90 Å². The largest absolute Gasteiger partial charge is 0.484 e.